The molecular weight excluding hydrogens is 240 g/mol. The molecule has 0 bridgehead atoms. The van der Waals surface area contributed by atoms with E-state index in [1.165, 1.54) is 0 Å². The molecule has 0 fully saturated rings. The molecule has 0 radical (unpaired) electrons. The first kappa shape index (κ1) is 14.6. The van der Waals surface area contributed by atoms with Crippen molar-refractivity contribution in [1.29, 1.82) is 0 Å². The highest BCUT2D eigenvalue weighted by molar-refractivity contribution is 5.67. The number of nitrogens with zero attached hydrogens (tertiary/aromatic N) is 2. The Labute approximate surface area is 105 Å². The molecule has 0 aliphatic rings. The molecule has 0 spiro atoms. The average Bonchev–Trinajstić information content (AvgIpc) is 2.77. The third-order valence-corrected chi connectivity index (χ3v) is 2.14. The predicted octanol–water partition coefficient (Wildman–Crippen LogP) is 1.55. The summed E-state index contributed by atoms with van der Waals surface area (Å²) in [5.41, 5.74) is 0. The number of aromatic nitrogens is 2. The van der Waals surface area contributed by atoms with Gasteiger partial charge in [0.15, 0.2) is 0 Å². The van der Waals surface area contributed by atoms with Gasteiger partial charge in [0.25, 0.3) is 5.89 Å². The maximum absolute atomic E-state index is 10.3. The van der Waals surface area contributed by atoms with E-state index in [-0.39, 0.29) is 25.2 Å². The molecule has 0 amide bonds. The Kier molecular flexibility index (Phi) is 6.31. The number of aliphatic carboxylic acids is 1. The molecular formula is C11H18N2O5. The summed E-state index contributed by atoms with van der Waals surface area (Å²) in [4.78, 5) is 14.4. The zero-order valence-corrected chi connectivity index (χ0v) is 10.6. The summed E-state index contributed by atoms with van der Waals surface area (Å²) in [5, 5.41) is 12.2. The van der Waals surface area contributed by atoms with Crippen LogP contribution in [0.2, 0.25) is 0 Å². The predicted molar refractivity (Wildman–Crippen MR) is 60.9 cm³/mol. The molecule has 1 rings (SSSR count). The van der Waals surface area contributed by atoms with Gasteiger partial charge in [-0.3, -0.25) is 0 Å². The van der Waals surface area contributed by atoms with Crippen molar-refractivity contribution in [3.05, 3.63) is 11.7 Å². The second-order valence-electron chi connectivity index (χ2n) is 3.67. The second kappa shape index (κ2) is 7.78. The fraction of sp³-hybridized carbons (Fsp3) is 0.727. The van der Waals surface area contributed by atoms with Crippen molar-refractivity contribution in [2.75, 3.05) is 13.2 Å². The van der Waals surface area contributed by atoms with Crippen molar-refractivity contribution in [2.24, 2.45) is 0 Å². The summed E-state index contributed by atoms with van der Waals surface area (Å²) in [6, 6.07) is 0. The Bertz CT molecular complexity index is 360. The van der Waals surface area contributed by atoms with Crippen LogP contribution in [0.5, 0.6) is 0 Å². The Morgan fingerprint density at radius 1 is 1.50 bits per heavy atom. The lowest BCUT2D eigenvalue weighted by Crippen LogP contribution is -2.08. The molecule has 1 aromatic heterocycles. The molecule has 0 aliphatic carbocycles. The summed E-state index contributed by atoms with van der Waals surface area (Å²) < 4.78 is 15.3. The quantitative estimate of drug-likeness (QED) is 0.717. The Morgan fingerprint density at radius 2 is 2.28 bits per heavy atom. The van der Waals surface area contributed by atoms with Gasteiger partial charge in [0.05, 0.1) is 0 Å². The molecule has 0 aliphatic heterocycles. The highest BCUT2D eigenvalue weighted by Gasteiger charge is 2.17. The zero-order valence-electron chi connectivity index (χ0n) is 10.6. The molecule has 0 saturated heterocycles. The topological polar surface area (TPSA) is 94.7 Å². The first-order valence-electron chi connectivity index (χ1n) is 5.91. The standard InChI is InChI=1S/C11H18N2O5/c1-3-5-8(17-4-2)11-12-9(18-13-11)6-16-7-10(14)15/h8H,3-7H2,1-2H3,(H,14,15). The van der Waals surface area contributed by atoms with Crippen molar-refractivity contribution in [3.63, 3.8) is 0 Å². The zero-order chi connectivity index (χ0) is 13.4. The van der Waals surface area contributed by atoms with Crippen LogP contribution in [0, 0.1) is 0 Å². The molecule has 1 N–H and O–H groups in total. The Balaban J connectivity index is 2.51. The molecule has 1 aromatic rings. The van der Waals surface area contributed by atoms with Gasteiger partial charge in [-0.2, -0.15) is 4.98 Å². The lowest BCUT2D eigenvalue weighted by molar-refractivity contribution is -0.142. The third-order valence-electron chi connectivity index (χ3n) is 2.14. The van der Waals surface area contributed by atoms with Crippen LogP contribution in [0.25, 0.3) is 0 Å². The van der Waals surface area contributed by atoms with E-state index < -0.39 is 5.97 Å². The molecule has 1 atom stereocenters. The minimum atomic E-state index is -1.03. The van der Waals surface area contributed by atoms with Gasteiger partial charge in [-0.05, 0) is 13.3 Å². The molecule has 1 unspecified atom stereocenters. The molecule has 102 valence electrons. The summed E-state index contributed by atoms with van der Waals surface area (Å²) in [5.74, 6) is -0.299. The van der Waals surface area contributed by atoms with E-state index in [2.05, 4.69) is 10.1 Å². The Hall–Kier alpha value is -1.47. The number of hydrogen-bond acceptors (Lipinski definition) is 6. The van der Waals surface area contributed by atoms with Crippen LogP contribution in [-0.2, 0) is 20.9 Å². The van der Waals surface area contributed by atoms with Gasteiger partial charge in [-0.25, -0.2) is 4.79 Å². The van der Waals surface area contributed by atoms with E-state index in [9.17, 15) is 4.79 Å². The molecule has 0 saturated carbocycles. The Morgan fingerprint density at radius 3 is 2.89 bits per heavy atom. The number of carboxylic acids is 1. The number of hydrogen-bond donors (Lipinski definition) is 1. The lowest BCUT2D eigenvalue weighted by Gasteiger charge is -2.11. The number of ether oxygens (including phenoxy) is 2. The number of carboxylic acid groups (broad SMARTS) is 1. The van der Waals surface area contributed by atoms with Crippen LogP contribution < -0.4 is 0 Å². The highest BCUT2D eigenvalue weighted by Crippen LogP contribution is 2.19. The van der Waals surface area contributed by atoms with E-state index in [1.807, 2.05) is 13.8 Å². The van der Waals surface area contributed by atoms with E-state index >= 15 is 0 Å². The van der Waals surface area contributed by atoms with Crippen molar-refractivity contribution in [2.45, 2.75) is 39.4 Å². The molecule has 1 heterocycles. The highest BCUT2D eigenvalue weighted by atomic mass is 16.5. The smallest absolute Gasteiger partial charge is 0.329 e. The van der Waals surface area contributed by atoms with Crippen molar-refractivity contribution < 1.29 is 23.9 Å². The van der Waals surface area contributed by atoms with Crippen LogP contribution >= 0.6 is 0 Å². The summed E-state index contributed by atoms with van der Waals surface area (Å²) >= 11 is 0. The van der Waals surface area contributed by atoms with Gasteiger partial charge < -0.3 is 19.1 Å². The van der Waals surface area contributed by atoms with Gasteiger partial charge in [0.1, 0.15) is 19.3 Å². The molecule has 7 heteroatoms. The number of rotatable bonds is 9. The van der Waals surface area contributed by atoms with Crippen molar-refractivity contribution in [3.8, 4) is 0 Å². The molecule has 18 heavy (non-hydrogen) atoms. The fourth-order valence-electron chi connectivity index (χ4n) is 1.43. The van der Waals surface area contributed by atoms with Crippen molar-refractivity contribution >= 4 is 5.97 Å². The van der Waals surface area contributed by atoms with E-state index in [0.717, 1.165) is 12.8 Å². The first-order chi connectivity index (χ1) is 8.67. The lowest BCUT2D eigenvalue weighted by atomic mass is 10.2. The van der Waals surface area contributed by atoms with E-state index in [1.54, 1.807) is 0 Å². The maximum Gasteiger partial charge on any atom is 0.329 e. The summed E-state index contributed by atoms with van der Waals surface area (Å²) in [6.45, 7) is 4.12. The van der Waals surface area contributed by atoms with Gasteiger partial charge in [-0.1, -0.05) is 18.5 Å². The average molecular weight is 258 g/mol. The van der Waals surface area contributed by atoms with Crippen LogP contribution in [0.15, 0.2) is 4.52 Å². The van der Waals surface area contributed by atoms with Gasteiger partial charge in [0, 0.05) is 6.61 Å². The monoisotopic (exact) mass is 258 g/mol. The minimum absolute atomic E-state index is 0.00965. The molecule has 7 nitrogen and oxygen atoms in total. The fourth-order valence-corrected chi connectivity index (χ4v) is 1.43. The van der Waals surface area contributed by atoms with E-state index in [4.69, 9.17) is 19.1 Å². The van der Waals surface area contributed by atoms with Gasteiger partial charge in [0.2, 0.25) is 5.82 Å². The first-order valence-corrected chi connectivity index (χ1v) is 5.91. The van der Waals surface area contributed by atoms with Crippen molar-refractivity contribution in [1.82, 2.24) is 10.1 Å². The minimum Gasteiger partial charge on any atom is -0.480 e. The van der Waals surface area contributed by atoms with Crippen LogP contribution in [0.1, 0.15) is 44.5 Å². The van der Waals surface area contributed by atoms with Crippen LogP contribution in [-0.4, -0.2) is 34.4 Å². The third kappa shape index (κ3) is 4.80. The van der Waals surface area contributed by atoms with Gasteiger partial charge >= 0.3 is 5.97 Å². The summed E-state index contributed by atoms with van der Waals surface area (Å²) in [6.07, 6.45) is 1.57. The second-order valence-corrected chi connectivity index (χ2v) is 3.67. The largest absolute Gasteiger partial charge is 0.480 e. The maximum atomic E-state index is 10.3. The normalized spacial score (nSPS) is 12.6. The SMILES string of the molecule is CCCC(OCC)c1noc(COCC(=O)O)n1. The molecule has 0 aromatic carbocycles. The summed E-state index contributed by atoms with van der Waals surface area (Å²) in [7, 11) is 0. The number of carbonyl (C=O) groups is 1. The van der Waals surface area contributed by atoms with E-state index in [0.29, 0.717) is 12.4 Å². The van der Waals surface area contributed by atoms with Crippen LogP contribution in [0.4, 0.5) is 0 Å². The van der Waals surface area contributed by atoms with Crippen LogP contribution in [0.3, 0.4) is 0 Å². The van der Waals surface area contributed by atoms with Gasteiger partial charge in [-0.15, -0.1) is 0 Å².